The molecule has 0 saturated carbocycles. The number of nitrogens with one attached hydrogen (secondary N) is 1. The number of piperidine rings is 1. The monoisotopic (exact) mass is 601 g/mol. The van der Waals surface area contributed by atoms with Crippen molar-refractivity contribution in [2.45, 2.75) is 38.9 Å². The fourth-order valence-electron chi connectivity index (χ4n) is 5.62. The van der Waals surface area contributed by atoms with E-state index in [2.05, 4.69) is 11.4 Å². The Bertz CT molecular complexity index is 1670. The van der Waals surface area contributed by atoms with Crippen LogP contribution in [0.4, 0.5) is 28.4 Å². The van der Waals surface area contributed by atoms with Gasteiger partial charge in [0, 0.05) is 31.8 Å². The standard InChI is InChI=1S/C33H30F3N5O3/c1-21-30(29-9-4-3-8-28(29)24-12-10-23(19-37)11-13-24)20-40(31(43)38-26-14-16-39(17-15-26)22(2)42)32(44)41(21)27-7-5-6-25(18-27)33(34,35)36/h3-13,18,26H,14-17,20H2,1-2H3,(H,38,43). The smallest absolute Gasteiger partial charge is 0.343 e. The summed E-state index contributed by atoms with van der Waals surface area (Å²) < 4.78 is 41.0. The first-order valence-corrected chi connectivity index (χ1v) is 14.1. The molecule has 0 radical (unpaired) electrons. The Morgan fingerprint density at radius 2 is 1.61 bits per heavy atom. The van der Waals surface area contributed by atoms with E-state index in [1.54, 1.807) is 42.2 Å². The number of hydrogen-bond acceptors (Lipinski definition) is 4. The summed E-state index contributed by atoms with van der Waals surface area (Å²) in [5, 5.41) is 12.1. The van der Waals surface area contributed by atoms with Crippen LogP contribution >= 0.6 is 0 Å². The van der Waals surface area contributed by atoms with Crippen LogP contribution in [0.1, 0.15) is 43.4 Å². The third-order valence-electron chi connectivity index (χ3n) is 8.03. The average Bonchev–Trinajstić information content (AvgIpc) is 3.01. The molecule has 44 heavy (non-hydrogen) atoms. The fourth-order valence-corrected chi connectivity index (χ4v) is 5.62. The molecule has 3 aromatic rings. The lowest BCUT2D eigenvalue weighted by Crippen LogP contribution is -2.56. The summed E-state index contributed by atoms with van der Waals surface area (Å²) in [5.74, 6) is -0.0519. The lowest BCUT2D eigenvalue weighted by atomic mass is 9.91. The molecule has 5 rings (SSSR count). The number of alkyl halides is 3. The third kappa shape index (κ3) is 6.15. The number of rotatable bonds is 4. The highest BCUT2D eigenvalue weighted by atomic mass is 19.4. The second-order valence-corrected chi connectivity index (χ2v) is 10.8. The number of imide groups is 1. The first-order valence-electron chi connectivity index (χ1n) is 14.1. The highest BCUT2D eigenvalue weighted by Gasteiger charge is 2.38. The molecule has 0 aromatic heterocycles. The van der Waals surface area contributed by atoms with E-state index in [-0.39, 0.29) is 24.2 Å². The summed E-state index contributed by atoms with van der Waals surface area (Å²) in [5.41, 5.74) is 2.73. The summed E-state index contributed by atoms with van der Waals surface area (Å²) in [4.78, 5) is 43.1. The largest absolute Gasteiger partial charge is 0.416 e. The highest BCUT2D eigenvalue weighted by Crippen LogP contribution is 2.39. The van der Waals surface area contributed by atoms with E-state index in [9.17, 15) is 32.8 Å². The van der Waals surface area contributed by atoms with Gasteiger partial charge in [-0.25, -0.2) is 14.5 Å². The van der Waals surface area contributed by atoms with Crippen LogP contribution in [0.5, 0.6) is 0 Å². The van der Waals surface area contributed by atoms with Gasteiger partial charge in [-0.15, -0.1) is 0 Å². The summed E-state index contributed by atoms with van der Waals surface area (Å²) in [6, 6.07) is 19.1. The number of allylic oxidation sites excluding steroid dienone is 1. The van der Waals surface area contributed by atoms with Crippen LogP contribution in [0, 0.1) is 11.3 Å². The quantitative estimate of drug-likeness (QED) is 0.363. The van der Waals surface area contributed by atoms with Gasteiger partial charge in [-0.1, -0.05) is 42.5 Å². The van der Waals surface area contributed by atoms with Crippen LogP contribution in [-0.4, -0.2) is 53.4 Å². The third-order valence-corrected chi connectivity index (χ3v) is 8.03. The Hall–Kier alpha value is -5.11. The number of amides is 5. The van der Waals surface area contributed by atoms with Gasteiger partial charge >= 0.3 is 18.2 Å². The minimum absolute atomic E-state index is 0.0251. The van der Waals surface area contributed by atoms with Crippen molar-refractivity contribution >= 4 is 29.2 Å². The van der Waals surface area contributed by atoms with Gasteiger partial charge in [0.15, 0.2) is 0 Å². The van der Waals surface area contributed by atoms with Crippen molar-refractivity contribution in [3.05, 3.63) is 95.2 Å². The van der Waals surface area contributed by atoms with Crippen molar-refractivity contribution in [3.63, 3.8) is 0 Å². The lowest BCUT2D eigenvalue weighted by Gasteiger charge is -2.39. The van der Waals surface area contributed by atoms with Gasteiger partial charge in [-0.3, -0.25) is 9.69 Å². The van der Waals surface area contributed by atoms with E-state index in [0.29, 0.717) is 48.3 Å². The molecule has 3 aromatic carbocycles. The zero-order valence-corrected chi connectivity index (χ0v) is 24.2. The van der Waals surface area contributed by atoms with Gasteiger partial charge in [-0.2, -0.15) is 18.4 Å². The Morgan fingerprint density at radius 3 is 2.23 bits per heavy atom. The number of urea groups is 2. The van der Waals surface area contributed by atoms with Crippen LogP contribution in [0.25, 0.3) is 16.7 Å². The zero-order valence-electron chi connectivity index (χ0n) is 24.2. The normalized spacial score (nSPS) is 16.2. The molecule has 11 heteroatoms. The number of halogens is 3. The molecule has 2 heterocycles. The van der Waals surface area contributed by atoms with Crippen molar-refractivity contribution < 1.29 is 27.6 Å². The molecule has 2 aliphatic heterocycles. The summed E-state index contributed by atoms with van der Waals surface area (Å²) >= 11 is 0. The van der Waals surface area contributed by atoms with Gasteiger partial charge in [0.25, 0.3) is 0 Å². The number of nitrogens with zero attached hydrogens (tertiary/aromatic N) is 4. The number of carbonyl (C=O) groups is 3. The van der Waals surface area contributed by atoms with E-state index in [1.165, 1.54) is 19.1 Å². The summed E-state index contributed by atoms with van der Waals surface area (Å²) in [6.07, 6.45) is -3.62. The first-order chi connectivity index (χ1) is 21.0. The Morgan fingerprint density at radius 1 is 0.955 bits per heavy atom. The van der Waals surface area contributed by atoms with Gasteiger partial charge in [-0.05, 0) is 72.4 Å². The summed E-state index contributed by atoms with van der Waals surface area (Å²) in [7, 11) is 0. The van der Waals surface area contributed by atoms with Crippen molar-refractivity contribution in [2.75, 3.05) is 24.5 Å². The van der Waals surface area contributed by atoms with Crippen LogP contribution in [0.2, 0.25) is 0 Å². The van der Waals surface area contributed by atoms with Crippen LogP contribution in [-0.2, 0) is 11.0 Å². The first kappa shape index (κ1) is 30.4. The van der Waals surface area contributed by atoms with Gasteiger partial charge in [0.2, 0.25) is 5.91 Å². The topological polar surface area (TPSA) is 96.8 Å². The number of benzene rings is 3. The fraction of sp³-hybridized carbons (Fsp3) is 0.273. The molecule has 0 unspecified atom stereocenters. The second kappa shape index (κ2) is 12.2. The number of nitriles is 1. The highest BCUT2D eigenvalue weighted by molar-refractivity contribution is 6.09. The van der Waals surface area contributed by atoms with Crippen LogP contribution in [0.15, 0.2) is 78.5 Å². The lowest BCUT2D eigenvalue weighted by molar-refractivity contribution is -0.137. The van der Waals surface area contributed by atoms with E-state index < -0.39 is 23.8 Å². The maximum atomic E-state index is 13.9. The second-order valence-electron chi connectivity index (χ2n) is 10.8. The molecule has 1 fully saturated rings. The minimum Gasteiger partial charge on any atom is -0.343 e. The molecule has 0 spiro atoms. The van der Waals surface area contributed by atoms with E-state index in [1.807, 2.05) is 18.2 Å². The van der Waals surface area contributed by atoms with E-state index in [4.69, 9.17) is 0 Å². The average molecular weight is 602 g/mol. The Balaban J connectivity index is 1.56. The number of hydrogen-bond donors (Lipinski definition) is 1. The molecule has 0 aliphatic carbocycles. The van der Waals surface area contributed by atoms with Crippen molar-refractivity contribution in [3.8, 4) is 17.2 Å². The Labute approximate surface area is 253 Å². The molecule has 0 atom stereocenters. The van der Waals surface area contributed by atoms with E-state index in [0.717, 1.165) is 33.1 Å². The van der Waals surface area contributed by atoms with E-state index >= 15 is 0 Å². The van der Waals surface area contributed by atoms with Gasteiger partial charge in [0.1, 0.15) is 0 Å². The molecular weight excluding hydrogens is 571 g/mol. The SMILES string of the molecule is CC(=O)N1CCC(NC(=O)N2CC(c3ccccc3-c3ccc(C#N)cc3)=C(C)N(c3cccc(C(F)(F)F)c3)C2=O)CC1. The summed E-state index contributed by atoms with van der Waals surface area (Å²) in [6.45, 7) is 3.94. The molecule has 226 valence electrons. The predicted octanol–water partition coefficient (Wildman–Crippen LogP) is 6.64. The maximum absolute atomic E-state index is 13.9. The van der Waals surface area contributed by atoms with Gasteiger partial charge < -0.3 is 10.2 Å². The van der Waals surface area contributed by atoms with Crippen molar-refractivity contribution in [1.29, 1.82) is 5.26 Å². The van der Waals surface area contributed by atoms with Crippen LogP contribution < -0.4 is 10.2 Å². The Kier molecular flexibility index (Phi) is 8.45. The molecule has 8 nitrogen and oxygen atoms in total. The minimum atomic E-state index is -4.64. The maximum Gasteiger partial charge on any atom is 0.416 e. The molecule has 0 bridgehead atoms. The molecule has 2 aliphatic rings. The molecule has 1 N–H and O–H groups in total. The number of likely N-dealkylation sites (tertiary alicyclic amines) is 1. The van der Waals surface area contributed by atoms with Gasteiger partial charge in [0.05, 0.1) is 29.4 Å². The molecule has 5 amide bonds. The number of carbonyl (C=O) groups excluding carboxylic acids is 3. The van der Waals surface area contributed by atoms with Crippen LogP contribution in [0.3, 0.4) is 0 Å². The van der Waals surface area contributed by atoms with Crippen molar-refractivity contribution in [2.24, 2.45) is 0 Å². The predicted molar refractivity (Wildman–Crippen MR) is 159 cm³/mol. The van der Waals surface area contributed by atoms with Crippen molar-refractivity contribution in [1.82, 2.24) is 15.1 Å². The zero-order chi connectivity index (χ0) is 31.6. The molecule has 1 saturated heterocycles. The molecular formula is C33H30F3N5O3. The number of anilines is 1.